The van der Waals surface area contributed by atoms with Crippen LogP contribution in [0.3, 0.4) is 0 Å². The Bertz CT molecular complexity index is 366. The van der Waals surface area contributed by atoms with Gasteiger partial charge in [-0.05, 0) is 44.2 Å². The van der Waals surface area contributed by atoms with Crippen LogP contribution in [-0.2, 0) is 4.79 Å². The van der Waals surface area contributed by atoms with Crippen molar-refractivity contribution in [2.24, 2.45) is 5.92 Å². The van der Waals surface area contributed by atoms with E-state index in [9.17, 15) is 4.79 Å². The first kappa shape index (κ1) is 13.3. The number of unbranched alkanes of at least 4 members (excludes halogenated alkanes) is 1. The molecule has 0 bridgehead atoms. The third-order valence-electron chi connectivity index (χ3n) is 4.07. The minimum Gasteiger partial charge on any atom is -0.299 e. The van der Waals surface area contributed by atoms with Crippen LogP contribution in [-0.4, -0.2) is 10.8 Å². The summed E-state index contributed by atoms with van der Waals surface area (Å²) in [6.07, 6.45) is 9.20. The number of rotatable bonds is 5. The minimum absolute atomic E-state index is 0.330. The lowest BCUT2D eigenvalue weighted by molar-refractivity contribution is -0.124. The van der Waals surface area contributed by atoms with Crippen molar-refractivity contribution in [3.63, 3.8) is 0 Å². The highest BCUT2D eigenvalue weighted by Gasteiger charge is 2.26. The van der Waals surface area contributed by atoms with E-state index in [0.717, 1.165) is 44.9 Å². The largest absolute Gasteiger partial charge is 0.299 e. The molecule has 2 rings (SSSR count). The number of carbonyl (C=O) groups excluding carboxylic acids is 1. The van der Waals surface area contributed by atoms with Gasteiger partial charge < -0.3 is 0 Å². The van der Waals surface area contributed by atoms with Crippen LogP contribution in [0.25, 0.3) is 0 Å². The highest BCUT2D eigenvalue weighted by Crippen LogP contribution is 2.35. The van der Waals surface area contributed by atoms with E-state index in [1.165, 1.54) is 5.69 Å². The maximum atomic E-state index is 12.0. The molecule has 2 nitrogen and oxygen atoms in total. The van der Waals surface area contributed by atoms with E-state index in [0.29, 0.717) is 17.6 Å². The fraction of sp³-hybridized carbons (Fsp3) is 0.625. The first-order valence-electron chi connectivity index (χ1n) is 7.25. The van der Waals surface area contributed by atoms with Crippen molar-refractivity contribution in [1.29, 1.82) is 0 Å². The number of carbonyl (C=O) groups is 1. The Labute approximate surface area is 110 Å². The van der Waals surface area contributed by atoms with Gasteiger partial charge in [0.2, 0.25) is 0 Å². The molecule has 1 fully saturated rings. The summed E-state index contributed by atoms with van der Waals surface area (Å²) < 4.78 is 0. The molecular formula is C16H23NO. The van der Waals surface area contributed by atoms with Gasteiger partial charge in [-0.2, -0.15) is 0 Å². The van der Waals surface area contributed by atoms with E-state index in [2.05, 4.69) is 24.0 Å². The predicted molar refractivity (Wildman–Crippen MR) is 73.5 cm³/mol. The van der Waals surface area contributed by atoms with Gasteiger partial charge in [0.1, 0.15) is 5.78 Å². The summed E-state index contributed by atoms with van der Waals surface area (Å²) in [5.41, 5.74) is 1.21. The molecule has 1 aromatic heterocycles. The Balaban J connectivity index is 1.83. The molecule has 0 amide bonds. The molecule has 0 aromatic carbocycles. The average Bonchev–Trinajstić information content (AvgIpc) is 2.46. The Morgan fingerprint density at radius 1 is 1.28 bits per heavy atom. The lowest BCUT2D eigenvalue weighted by Crippen LogP contribution is -2.21. The molecule has 0 unspecified atom stereocenters. The Morgan fingerprint density at radius 3 is 2.67 bits per heavy atom. The topological polar surface area (TPSA) is 30.0 Å². The van der Waals surface area contributed by atoms with E-state index < -0.39 is 0 Å². The maximum Gasteiger partial charge on any atom is 0.135 e. The fourth-order valence-electron chi connectivity index (χ4n) is 2.88. The van der Waals surface area contributed by atoms with Crippen LogP contribution in [0, 0.1) is 5.92 Å². The van der Waals surface area contributed by atoms with E-state index in [-0.39, 0.29) is 0 Å². The summed E-state index contributed by atoms with van der Waals surface area (Å²) in [5.74, 6) is 1.40. The Morgan fingerprint density at radius 2 is 2.06 bits per heavy atom. The van der Waals surface area contributed by atoms with Crippen LogP contribution in [0.2, 0.25) is 0 Å². The number of Topliss-reactive ketones (excluding diaryl/α,β-unsaturated/α-hetero) is 1. The minimum atomic E-state index is 0.330. The molecule has 0 radical (unpaired) electrons. The van der Waals surface area contributed by atoms with E-state index in [1.807, 2.05) is 12.3 Å². The van der Waals surface area contributed by atoms with Crippen molar-refractivity contribution in [1.82, 2.24) is 4.98 Å². The van der Waals surface area contributed by atoms with Crippen molar-refractivity contribution >= 4 is 5.78 Å². The van der Waals surface area contributed by atoms with Crippen LogP contribution < -0.4 is 0 Å². The normalized spacial score (nSPS) is 23.8. The van der Waals surface area contributed by atoms with Crippen molar-refractivity contribution in [2.45, 2.75) is 57.8 Å². The number of nitrogens with zero attached hydrogens (tertiary/aromatic N) is 1. The molecule has 2 heteroatoms. The Kier molecular flexibility index (Phi) is 4.91. The van der Waals surface area contributed by atoms with Crippen LogP contribution >= 0.6 is 0 Å². The first-order chi connectivity index (χ1) is 8.81. The second kappa shape index (κ2) is 6.67. The SMILES string of the molecule is CCCCC(=O)C1CCC(c2ccccn2)CC1. The summed E-state index contributed by atoms with van der Waals surface area (Å²) in [6.45, 7) is 2.14. The van der Waals surface area contributed by atoms with Crippen LogP contribution in [0.15, 0.2) is 24.4 Å². The van der Waals surface area contributed by atoms with Gasteiger partial charge in [0.15, 0.2) is 0 Å². The summed E-state index contributed by atoms with van der Waals surface area (Å²) >= 11 is 0. The standard InChI is InChI=1S/C16H23NO/c1-2-3-7-16(18)14-10-8-13(9-11-14)15-6-4-5-12-17-15/h4-6,12-14H,2-3,7-11H2,1H3. The molecule has 0 atom stereocenters. The van der Waals surface area contributed by atoms with Crippen LogP contribution in [0.4, 0.5) is 0 Å². The van der Waals surface area contributed by atoms with E-state index in [1.54, 1.807) is 0 Å². The average molecular weight is 245 g/mol. The zero-order valence-corrected chi connectivity index (χ0v) is 11.3. The number of hydrogen-bond donors (Lipinski definition) is 0. The number of aromatic nitrogens is 1. The van der Waals surface area contributed by atoms with Crippen LogP contribution in [0.5, 0.6) is 0 Å². The number of ketones is 1. The molecular weight excluding hydrogens is 222 g/mol. The zero-order chi connectivity index (χ0) is 12.8. The highest BCUT2D eigenvalue weighted by atomic mass is 16.1. The van der Waals surface area contributed by atoms with Crippen molar-refractivity contribution in [3.05, 3.63) is 30.1 Å². The lowest BCUT2D eigenvalue weighted by atomic mass is 9.78. The van der Waals surface area contributed by atoms with Crippen molar-refractivity contribution < 1.29 is 4.79 Å². The van der Waals surface area contributed by atoms with Gasteiger partial charge >= 0.3 is 0 Å². The van der Waals surface area contributed by atoms with E-state index >= 15 is 0 Å². The molecule has 98 valence electrons. The van der Waals surface area contributed by atoms with Gasteiger partial charge in [0.25, 0.3) is 0 Å². The second-order valence-electron chi connectivity index (χ2n) is 5.37. The third-order valence-corrected chi connectivity index (χ3v) is 4.07. The van der Waals surface area contributed by atoms with Gasteiger partial charge in [-0.15, -0.1) is 0 Å². The lowest BCUT2D eigenvalue weighted by Gasteiger charge is -2.27. The zero-order valence-electron chi connectivity index (χ0n) is 11.3. The third kappa shape index (κ3) is 3.41. The van der Waals surface area contributed by atoms with Gasteiger partial charge in [-0.3, -0.25) is 9.78 Å². The molecule has 18 heavy (non-hydrogen) atoms. The van der Waals surface area contributed by atoms with Crippen molar-refractivity contribution in [3.8, 4) is 0 Å². The summed E-state index contributed by atoms with van der Waals surface area (Å²) in [4.78, 5) is 16.4. The fourth-order valence-corrected chi connectivity index (χ4v) is 2.88. The van der Waals surface area contributed by atoms with E-state index in [4.69, 9.17) is 0 Å². The monoisotopic (exact) mass is 245 g/mol. The molecule has 1 heterocycles. The van der Waals surface area contributed by atoms with Gasteiger partial charge in [-0.1, -0.05) is 19.4 Å². The Hall–Kier alpha value is -1.18. The summed E-state index contributed by atoms with van der Waals surface area (Å²) in [6, 6.07) is 6.13. The smallest absolute Gasteiger partial charge is 0.135 e. The second-order valence-corrected chi connectivity index (χ2v) is 5.37. The predicted octanol–water partition coefficient (Wildman–Crippen LogP) is 4.11. The molecule has 0 N–H and O–H groups in total. The highest BCUT2D eigenvalue weighted by molar-refractivity contribution is 5.81. The van der Waals surface area contributed by atoms with Crippen molar-refractivity contribution in [2.75, 3.05) is 0 Å². The maximum absolute atomic E-state index is 12.0. The number of hydrogen-bond acceptors (Lipinski definition) is 2. The molecule has 1 aromatic rings. The molecule has 1 aliphatic carbocycles. The van der Waals surface area contributed by atoms with Crippen LogP contribution in [0.1, 0.15) is 63.5 Å². The summed E-state index contributed by atoms with van der Waals surface area (Å²) in [7, 11) is 0. The molecule has 0 saturated heterocycles. The molecule has 0 aliphatic heterocycles. The van der Waals surface area contributed by atoms with Gasteiger partial charge in [0.05, 0.1) is 0 Å². The molecule has 0 spiro atoms. The molecule has 1 saturated carbocycles. The first-order valence-corrected chi connectivity index (χ1v) is 7.25. The summed E-state index contributed by atoms with van der Waals surface area (Å²) in [5, 5.41) is 0. The van der Waals surface area contributed by atoms with Gasteiger partial charge in [-0.25, -0.2) is 0 Å². The molecule has 1 aliphatic rings. The number of pyridine rings is 1. The quantitative estimate of drug-likeness (QED) is 0.781. The van der Waals surface area contributed by atoms with Gasteiger partial charge in [0, 0.05) is 30.1 Å².